The highest BCUT2D eigenvalue weighted by Gasteiger charge is 2.51. The fourth-order valence-corrected chi connectivity index (χ4v) is 3.61. The van der Waals surface area contributed by atoms with Gasteiger partial charge in [-0.15, -0.1) is 0 Å². The monoisotopic (exact) mass is 295 g/mol. The van der Waals surface area contributed by atoms with Crippen LogP contribution >= 0.6 is 0 Å². The predicted octanol–water partition coefficient (Wildman–Crippen LogP) is 4.13. The average Bonchev–Trinajstić information content (AvgIpc) is 2.93. The second kappa shape index (κ2) is 5.11. The summed E-state index contributed by atoms with van der Waals surface area (Å²) in [5.41, 5.74) is 2.50. The Morgan fingerprint density at radius 2 is 1.77 bits per heavy atom. The van der Waals surface area contributed by atoms with Crippen molar-refractivity contribution in [3.05, 3.63) is 65.7 Å². The molecular weight excluding hydrogens is 274 g/mol. The summed E-state index contributed by atoms with van der Waals surface area (Å²) in [6.07, 6.45) is 0. The molecule has 2 aliphatic rings. The predicted molar refractivity (Wildman–Crippen MR) is 85.4 cm³/mol. The molecule has 2 heterocycles. The molecule has 1 fully saturated rings. The minimum absolute atomic E-state index is 0.00259. The van der Waals surface area contributed by atoms with E-state index in [1.807, 2.05) is 6.07 Å². The lowest BCUT2D eigenvalue weighted by molar-refractivity contribution is -0.162. The second-order valence-electron chi connectivity index (χ2n) is 6.60. The summed E-state index contributed by atoms with van der Waals surface area (Å²) < 4.78 is 5.97. The number of ether oxygens (including phenoxy) is 1. The van der Waals surface area contributed by atoms with E-state index in [1.165, 1.54) is 11.1 Å². The molecule has 3 nitrogen and oxygen atoms in total. The number of para-hydroxylation sites is 1. The van der Waals surface area contributed by atoms with Crippen molar-refractivity contribution in [3.63, 3.8) is 0 Å². The first-order valence-corrected chi connectivity index (χ1v) is 7.87. The molecule has 4 rings (SSSR count). The Hall–Kier alpha value is -1.84. The quantitative estimate of drug-likeness (QED) is 0.831. The Morgan fingerprint density at radius 1 is 1.05 bits per heavy atom. The molecule has 0 saturated carbocycles. The van der Waals surface area contributed by atoms with Crippen LogP contribution in [0, 0.1) is 5.41 Å². The van der Waals surface area contributed by atoms with E-state index in [1.54, 1.807) is 0 Å². The van der Waals surface area contributed by atoms with Gasteiger partial charge in [-0.25, -0.2) is 0 Å². The number of hydrogen-bond acceptors (Lipinski definition) is 3. The lowest BCUT2D eigenvalue weighted by Crippen LogP contribution is -2.39. The van der Waals surface area contributed by atoms with Gasteiger partial charge in [0.05, 0.1) is 25.3 Å². The maximum Gasteiger partial charge on any atom is 0.124 e. The molecule has 0 N–H and O–H groups in total. The van der Waals surface area contributed by atoms with Crippen LogP contribution in [0.3, 0.4) is 0 Å². The first-order valence-electron chi connectivity index (χ1n) is 7.87. The van der Waals surface area contributed by atoms with Crippen LogP contribution < -0.4 is 4.74 Å². The number of benzene rings is 2. The zero-order valence-electron chi connectivity index (χ0n) is 13.0. The molecule has 22 heavy (non-hydrogen) atoms. The van der Waals surface area contributed by atoms with Crippen LogP contribution in [0.1, 0.15) is 37.1 Å². The van der Waals surface area contributed by atoms with E-state index in [9.17, 15) is 0 Å². The minimum atomic E-state index is -0.00259. The van der Waals surface area contributed by atoms with Gasteiger partial charge in [0.1, 0.15) is 5.75 Å². The summed E-state index contributed by atoms with van der Waals surface area (Å²) in [6, 6.07) is 19.3. The highest BCUT2D eigenvalue weighted by molar-refractivity contribution is 5.40. The third-order valence-corrected chi connectivity index (χ3v) is 4.89. The van der Waals surface area contributed by atoms with Gasteiger partial charge < -0.3 is 4.74 Å². The Labute approximate surface area is 131 Å². The van der Waals surface area contributed by atoms with Gasteiger partial charge in [-0.2, -0.15) is 5.06 Å². The lowest BCUT2D eigenvalue weighted by Gasteiger charge is -2.39. The highest BCUT2D eigenvalue weighted by atomic mass is 16.7. The molecule has 2 aromatic rings. The van der Waals surface area contributed by atoms with Crippen LogP contribution in [0.2, 0.25) is 0 Å². The Balaban J connectivity index is 1.74. The fourth-order valence-electron chi connectivity index (χ4n) is 3.61. The van der Waals surface area contributed by atoms with Crippen molar-refractivity contribution in [1.82, 2.24) is 5.06 Å². The molecule has 3 atom stereocenters. The molecule has 0 aliphatic carbocycles. The normalized spacial score (nSPS) is 28.5. The lowest BCUT2D eigenvalue weighted by atomic mass is 9.78. The second-order valence-corrected chi connectivity index (χ2v) is 6.60. The van der Waals surface area contributed by atoms with E-state index in [-0.39, 0.29) is 17.5 Å². The van der Waals surface area contributed by atoms with Gasteiger partial charge in [0.15, 0.2) is 0 Å². The van der Waals surface area contributed by atoms with Crippen LogP contribution in [0.4, 0.5) is 0 Å². The average molecular weight is 295 g/mol. The van der Waals surface area contributed by atoms with Crippen LogP contribution in [-0.2, 0) is 4.84 Å². The van der Waals surface area contributed by atoms with Crippen molar-refractivity contribution in [3.8, 4) is 5.75 Å². The Kier molecular flexibility index (Phi) is 3.21. The number of nitrogens with zero attached hydrogens (tertiary/aromatic N) is 1. The summed E-state index contributed by atoms with van der Waals surface area (Å²) in [5, 5.41) is 2.16. The van der Waals surface area contributed by atoms with E-state index in [0.29, 0.717) is 13.2 Å². The maximum atomic E-state index is 6.13. The van der Waals surface area contributed by atoms with Gasteiger partial charge >= 0.3 is 0 Å². The van der Waals surface area contributed by atoms with Gasteiger partial charge in [-0.1, -0.05) is 55.5 Å². The molecule has 114 valence electrons. The smallest absolute Gasteiger partial charge is 0.124 e. The zero-order valence-corrected chi connectivity index (χ0v) is 13.0. The van der Waals surface area contributed by atoms with E-state index >= 15 is 0 Å². The number of fused-ring (bicyclic) bond motifs is 3. The number of rotatable bonds is 2. The van der Waals surface area contributed by atoms with Crippen molar-refractivity contribution in [2.75, 3.05) is 13.2 Å². The minimum Gasteiger partial charge on any atom is -0.493 e. The standard InChI is InChI=1S/C19H21NO2/c1-14(15-8-4-3-5-9-15)20-18-16-10-6-7-11-17(16)21-12-19(18,2)13-22-20/h3-11,14,18H,12-13H2,1-2H3/t14-,18-,19-/m1/s1. The fraction of sp³-hybridized carbons (Fsp3) is 0.368. The number of hydroxylamine groups is 2. The van der Waals surface area contributed by atoms with Gasteiger partial charge in [-0.05, 0) is 18.6 Å². The summed E-state index contributed by atoms with van der Waals surface area (Å²) in [5.74, 6) is 0.987. The summed E-state index contributed by atoms with van der Waals surface area (Å²) in [6.45, 7) is 5.86. The van der Waals surface area contributed by atoms with Crippen molar-refractivity contribution < 1.29 is 9.57 Å². The Morgan fingerprint density at radius 3 is 2.59 bits per heavy atom. The maximum absolute atomic E-state index is 6.13. The molecule has 0 bridgehead atoms. The first-order chi connectivity index (χ1) is 10.7. The zero-order chi connectivity index (χ0) is 15.2. The van der Waals surface area contributed by atoms with Crippen LogP contribution in [0.5, 0.6) is 5.75 Å². The molecule has 1 saturated heterocycles. The molecule has 0 spiro atoms. The summed E-state index contributed by atoms with van der Waals surface area (Å²) >= 11 is 0. The molecule has 0 radical (unpaired) electrons. The van der Waals surface area contributed by atoms with Gasteiger partial charge in [0.2, 0.25) is 0 Å². The third kappa shape index (κ3) is 2.04. The van der Waals surface area contributed by atoms with Crippen LogP contribution in [0.25, 0.3) is 0 Å². The van der Waals surface area contributed by atoms with Crippen molar-refractivity contribution >= 4 is 0 Å². The van der Waals surface area contributed by atoms with Gasteiger partial charge in [-0.3, -0.25) is 4.84 Å². The van der Waals surface area contributed by atoms with Crippen molar-refractivity contribution in [2.45, 2.75) is 25.9 Å². The Bertz CT molecular complexity index is 672. The van der Waals surface area contributed by atoms with Crippen molar-refractivity contribution in [2.24, 2.45) is 5.41 Å². The van der Waals surface area contributed by atoms with Crippen LogP contribution in [-0.4, -0.2) is 18.3 Å². The van der Waals surface area contributed by atoms with Crippen molar-refractivity contribution in [1.29, 1.82) is 0 Å². The van der Waals surface area contributed by atoms with E-state index in [4.69, 9.17) is 9.57 Å². The topological polar surface area (TPSA) is 21.7 Å². The number of hydrogen-bond donors (Lipinski definition) is 0. The molecule has 0 amide bonds. The van der Waals surface area contributed by atoms with E-state index < -0.39 is 0 Å². The SMILES string of the molecule is C[C@H](c1ccccc1)N1OC[C@@]2(C)COc3ccccc3[C@@H]12. The molecular formula is C19H21NO2. The highest BCUT2D eigenvalue weighted by Crippen LogP contribution is 2.53. The third-order valence-electron chi connectivity index (χ3n) is 4.89. The van der Waals surface area contributed by atoms with Crippen LogP contribution in [0.15, 0.2) is 54.6 Å². The van der Waals surface area contributed by atoms with E-state index in [2.05, 4.69) is 67.4 Å². The van der Waals surface area contributed by atoms with E-state index in [0.717, 1.165) is 5.75 Å². The molecule has 2 aliphatic heterocycles. The molecule has 0 aromatic heterocycles. The first kappa shape index (κ1) is 13.8. The molecule has 3 heteroatoms. The molecule has 0 unspecified atom stereocenters. The van der Waals surface area contributed by atoms with Gasteiger partial charge in [0, 0.05) is 11.0 Å². The molecule has 2 aromatic carbocycles. The van der Waals surface area contributed by atoms with Gasteiger partial charge in [0.25, 0.3) is 0 Å². The summed E-state index contributed by atoms with van der Waals surface area (Å²) in [4.78, 5) is 6.13. The summed E-state index contributed by atoms with van der Waals surface area (Å²) in [7, 11) is 0. The largest absolute Gasteiger partial charge is 0.493 e.